The molecule has 69 heavy (non-hydrogen) atoms. The molecule has 7 aromatic rings. The SMILES string of the molecule is C#CCN(c1ccc(C(C)=O)c(O)c1)C(C)C.C#CCN(c1ccc2cc(-c3nc4ccccc4s3)c(=O)oc2c1)C(C)C.C#CCN(c1cccc(O)c1)C(C)C.CC(C)Nc1cccc(O)c1. The molecule has 0 atom stereocenters. The van der Waals surface area contributed by atoms with E-state index in [1.807, 2.05) is 91.5 Å². The number of nitrogens with one attached hydrogen (secondary N) is 1. The molecular weight excluding hydrogens is 883 g/mol. The number of rotatable bonds is 13. The Balaban J connectivity index is 0.000000214. The minimum absolute atomic E-state index is 0.00216. The van der Waals surface area contributed by atoms with Crippen molar-refractivity contribution in [3.8, 4) is 64.9 Å². The van der Waals surface area contributed by atoms with Crippen molar-refractivity contribution in [3.05, 3.63) is 131 Å². The van der Waals surface area contributed by atoms with Gasteiger partial charge in [-0.3, -0.25) is 4.79 Å². The molecule has 11 nitrogen and oxygen atoms in total. The maximum atomic E-state index is 12.6. The first-order valence-electron chi connectivity index (χ1n) is 22.6. The predicted molar refractivity (Wildman–Crippen MR) is 288 cm³/mol. The van der Waals surface area contributed by atoms with E-state index in [0.717, 1.165) is 38.4 Å². The van der Waals surface area contributed by atoms with E-state index >= 15 is 0 Å². The number of aromatic hydroxyl groups is 3. The molecule has 358 valence electrons. The van der Waals surface area contributed by atoms with E-state index in [2.05, 4.69) is 79.4 Å². The Morgan fingerprint density at radius 1 is 0.667 bits per heavy atom. The largest absolute Gasteiger partial charge is 0.508 e. The van der Waals surface area contributed by atoms with Crippen molar-refractivity contribution >= 4 is 61.1 Å². The number of aromatic nitrogens is 1. The van der Waals surface area contributed by atoms with Gasteiger partial charge >= 0.3 is 5.63 Å². The number of hydrogen-bond acceptors (Lipinski definition) is 12. The maximum absolute atomic E-state index is 12.6. The maximum Gasteiger partial charge on any atom is 0.346 e. The number of para-hydroxylation sites is 1. The van der Waals surface area contributed by atoms with Gasteiger partial charge in [-0.15, -0.1) is 30.6 Å². The lowest BCUT2D eigenvalue weighted by Gasteiger charge is -2.27. The Kier molecular flexibility index (Phi) is 20.2. The molecule has 0 saturated carbocycles. The summed E-state index contributed by atoms with van der Waals surface area (Å²) in [5.74, 6) is 8.29. The Bertz CT molecular complexity index is 2960. The quantitative estimate of drug-likeness (QED) is 0.0498. The number of phenolic OH excluding ortho intramolecular Hbond substituents is 3. The van der Waals surface area contributed by atoms with Crippen LogP contribution in [0.1, 0.15) is 72.7 Å². The van der Waals surface area contributed by atoms with Gasteiger partial charge in [0.15, 0.2) is 5.78 Å². The van der Waals surface area contributed by atoms with E-state index in [0.29, 0.717) is 59.2 Å². The molecule has 0 saturated heterocycles. The third kappa shape index (κ3) is 15.6. The van der Waals surface area contributed by atoms with Crippen molar-refractivity contribution in [2.45, 2.75) is 86.5 Å². The number of hydrogen-bond donors (Lipinski definition) is 4. The van der Waals surface area contributed by atoms with Gasteiger partial charge < -0.3 is 39.8 Å². The standard InChI is InChI=1S/C22H18N2O2S.C14H17NO2.C12H15NO.C9H13NO/c1-4-11-24(14(2)3)16-10-9-15-12-17(22(25)26-19(15)13-16)21-23-18-7-5-6-8-20(18)27-21;1-5-8-15(10(2)3)12-6-7-13(11(4)16)14(17)9-12;1-4-8-13(10(2)3)11-6-5-7-12(14)9-11;1-7(2)10-8-4-3-5-9(11)6-8/h1,5-10,12-14H,11H2,2-3H3;1,6-7,9-10,17H,8H2,2-4H3;1,5-7,9-10,14H,8H2,2-3H3;3-7,10-11H,1-2H3. The Hall–Kier alpha value is -7.85. The van der Waals surface area contributed by atoms with Gasteiger partial charge in [-0.05, 0) is 129 Å². The summed E-state index contributed by atoms with van der Waals surface area (Å²) in [5, 5.41) is 32.9. The van der Waals surface area contributed by atoms with Crippen LogP contribution in [0.3, 0.4) is 0 Å². The van der Waals surface area contributed by atoms with E-state index in [1.165, 1.54) is 18.3 Å². The zero-order valence-electron chi connectivity index (χ0n) is 40.9. The molecule has 0 aliphatic rings. The monoisotopic (exact) mass is 945 g/mol. The smallest absolute Gasteiger partial charge is 0.346 e. The average molecular weight is 946 g/mol. The lowest BCUT2D eigenvalue weighted by atomic mass is 10.1. The molecule has 5 aromatic carbocycles. The fraction of sp³-hybridized carbons (Fsp3) is 0.281. The molecule has 4 N–H and O–H groups in total. The first-order valence-corrected chi connectivity index (χ1v) is 23.4. The molecule has 12 heteroatoms. The summed E-state index contributed by atoms with van der Waals surface area (Å²) in [6, 6.07) is 36.0. The summed E-state index contributed by atoms with van der Waals surface area (Å²) in [6.07, 6.45) is 16.1. The number of terminal acetylenes is 3. The Morgan fingerprint density at radius 2 is 1.20 bits per heavy atom. The van der Waals surface area contributed by atoms with Gasteiger partial charge in [-0.25, -0.2) is 9.78 Å². The number of fused-ring (bicyclic) bond motifs is 2. The van der Waals surface area contributed by atoms with Crippen LogP contribution in [0.2, 0.25) is 0 Å². The molecule has 0 aliphatic heterocycles. The van der Waals surface area contributed by atoms with Gasteiger partial charge in [0.2, 0.25) is 0 Å². The molecular formula is C57H63N5O6S. The van der Waals surface area contributed by atoms with Crippen LogP contribution in [0, 0.1) is 37.0 Å². The number of thiazole rings is 1. The highest BCUT2D eigenvalue weighted by atomic mass is 32.1. The second-order valence-electron chi connectivity index (χ2n) is 17.1. The average Bonchev–Trinajstić information content (AvgIpc) is 3.73. The van der Waals surface area contributed by atoms with E-state index in [1.54, 1.807) is 42.5 Å². The third-order valence-corrected chi connectivity index (χ3v) is 11.5. The van der Waals surface area contributed by atoms with Crippen LogP contribution in [0.4, 0.5) is 22.7 Å². The minimum atomic E-state index is -0.383. The summed E-state index contributed by atoms with van der Waals surface area (Å²) in [4.78, 5) is 34.5. The van der Waals surface area contributed by atoms with Crippen molar-refractivity contribution < 1.29 is 24.5 Å². The molecule has 0 aliphatic carbocycles. The summed E-state index contributed by atoms with van der Waals surface area (Å²) in [6.45, 7) is 19.4. The van der Waals surface area contributed by atoms with Crippen LogP contribution < -0.4 is 25.6 Å². The lowest BCUT2D eigenvalue weighted by molar-refractivity contribution is 0.101. The van der Waals surface area contributed by atoms with Crippen LogP contribution in [0.25, 0.3) is 31.8 Å². The van der Waals surface area contributed by atoms with E-state index in [-0.39, 0.29) is 35.0 Å². The highest BCUT2D eigenvalue weighted by Crippen LogP contribution is 2.31. The fourth-order valence-electron chi connectivity index (χ4n) is 7.02. The molecule has 2 aromatic heterocycles. The van der Waals surface area contributed by atoms with Gasteiger partial charge in [0.05, 0.1) is 41.0 Å². The van der Waals surface area contributed by atoms with Crippen molar-refractivity contribution in [2.24, 2.45) is 0 Å². The van der Waals surface area contributed by atoms with Crippen LogP contribution in [-0.4, -0.2) is 69.9 Å². The van der Waals surface area contributed by atoms with Crippen LogP contribution in [0.15, 0.2) is 124 Å². The summed E-state index contributed by atoms with van der Waals surface area (Å²) in [5.41, 5.74) is 5.54. The van der Waals surface area contributed by atoms with E-state index in [9.17, 15) is 19.8 Å². The van der Waals surface area contributed by atoms with Crippen molar-refractivity contribution in [1.29, 1.82) is 0 Å². The lowest BCUT2D eigenvalue weighted by Crippen LogP contribution is -2.30. The number of nitrogens with zero attached hydrogens (tertiary/aromatic N) is 4. The minimum Gasteiger partial charge on any atom is -0.508 e. The highest BCUT2D eigenvalue weighted by molar-refractivity contribution is 7.21. The van der Waals surface area contributed by atoms with Crippen LogP contribution in [-0.2, 0) is 0 Å². The number of ketones is 1. The number of carbonyl (C=O) groups excluding carboxylic acids is 1. The number of phenols is 3. The number of anilines is 4. The first-order chi connectivity index (χ1) is 32.9. The van der Waals surface area contributed by atoms with Crippen molar-refractivity contribution in [2.75, 3.05) is 39.7 Å². The normalized spacial score (nSPS) is 10.5. The zero-order valence-corrected chi connectivity index (χ0v) is 41.7. The van der Waals surface area contributed by atoms with E-state index in [4.69, 9.17) is 28.8 Å². The van der Waals surface area contributed by atoms with Gasteiger partial charge in [0.25, 0.3) is 0 Å². The topological polar surface area (TPSA) is 143 Å². The molecule has 0 unspecified atom stereocenters. The molecule has 0 fully saturated rings. The number of Topliss-reactive ketones (excluding diaryl/α,β-unsaturated/α-hetero) is 1. The first kappa shape index (κ1) is 53.8. The molecule has 0 radical (unpaired) electrons. The second kappa shape index (κ2) is 25.9. The zero-order chi connectivity index (χ0) is 50.8. The third-order valence-electron chi connectivity index (χ3n) is 10.4. The van der Waals surface area contributed by atoms with Gasteiger partial charge in [-0.2, -0.15) is 0 Å². The van der Waals surface area contributed by atoms with Crippen LogP contribution in [0.5, 0.6) is 17.2 Å². The molecule has 0 spiro atoms. The molecule has 7 rings (SSSR count). The van der Waals surface area contributed by atoms with Gasteiger partial charge in [-0.1, -0.05) is 42.0 Å². The summed E-state index contributed by atoms with van der Waals surface area (Å²) < 4.78 is 6.67. The van der Waals surface area contributed by atoms with Crippen molar-refractivity contribution in [1.82, 2.24) is 4.98 Å². The van der Waals surface area contributed by atoms with Crippen molar-refractivity contribution in [3.63, 3.8) is 0 Å². The van der Waals surface area contributed by atoms with E-state index < -0.39 is 0 Å². The predicted octanol–water partition coefficient (Wildman–Crippen LogP) is 11.8. The summed E-state index contributed by atoms with van der Waals surface area (Å²) >= 11 is 1.49. The number of benzene rings is 5. The Morgan fingerprint density at radius 3 is 1.71 bits per heavy atom. The molecule has 2 heterocycles. The fourth-order valence-corrected chi connectivity index (χ4v) is 7.99. The number of carbonyl (C=O) groups is 1. The molecule has 0 bridgehead atoms. The highest BCUT2D eigenvalue weighted by Gasteiger charge is 2.16. The van der Waals surface area contributed by atoms with Crippen LogP contribution >= 0.6 is 11.3 Å². The second-order valence-corrected chi connectivity index (χ2v) is 18.1. The van der Waals surface area contributed by atoms with Gasteiger partial charge in [0.1, 0.15) is 27.8 Å². The Labute approximate surface area is 411 Å². The van der Waals surface area contributed by atoms with Gasteiger partial charge in [0, 0.05) is 76.6 Å². The summed E-state index contributed by atoms with van der Waals surface area (Å²) in [7, 11) is 0. The molecule has 0 amide bonds.